The molecular formula is C9H18N2O2. The van der Waals surface area contributed by atoms with Crippen LogP contribution in [0.4, 0.5) is 0 Å². The standard InChI is InChI=1S/C9H18N2O2/c1-13-7-2-4-9(11,5-3-7)6-8(10)12/h7H,2-6,11H2,1H3,(H2,10,12). The van der Waals surface area contributed by atoms with E-state index >= 15 is 0 Å². The predicted octanol–water partition coefficient (Wildman–Crippen LogP) is 0.148. The van der Waals surface area contributed by atoms with E-state index in [2.05, 4.69) is 0 Å². The molecule has 0 aromatic rings. The van der Waals surface area contributed by atoms with Crippen molar-refractivity contribution in [1.29, 1.82) is 0 Å². The van der Waals surface area contributed by atoms with Gasteiger partial charge in [0.1, 0.15) is 0 Å². The van der Waals surface area contributed by atoms with E-state index in [1.165, 1.54) is 0 Å². The van der Waals surface area contributed by atoms with Crippen LogP contribution in [0.3, 0.4) is 0 Å². The van der Waals surface area contributed by atoms with Crippen LogP contribution in [0, 0.1) is 0 Å². The molecule has 1 rings (SSSR count). The highest BCUT2D eigenvalue weighted by atomic mass is 16.5. The number of rotatable bonds is 3. The maximum absolute atomic E-state index is 10.7. The number of hydrogen-bond donors (Lipinski definition) is 2. The van der Waals surface area contributed by atoms with Crippen LogP contribution < -0.4 is 11.5 Å². The monoisotopic (exact) mass is 186 g/mol. The first kappa shape index (κ1) is 10.5. The van der Waals surface area contributed by atoms with Crippen molar-refractivity contribution in [2.45, 2.75) is 43.7 Å². The highest BCUT2D eigenvalue weighted by Gasteiger charge is 2.32. The lowest BCUT2D eigenvalue weighted by Gasteiger charge is -2.35. The Labute approximate surface area is 78.6 Å². The fraction of sp³-hybridized carbons (Fsp3) is 0.889. The number of carbonyl (C=O) groups is 1. The second kappa shape index (κ2) is 4.07. The molecule has 1 aliphatic rings. The third-order valence-corrected chi connectivity index (χ3v) is 2.79. The molecule has 0 spiro atoms. The quantitative estimate of drug-likeness (QED) is 0.658. The molecule has 0 aromatic carbocycles. The average Bonchev–Trinajstić information content (AvgIpc) is 2.04. The zero-order valence-corrected chi connectivity index (χ0v) is 8.08. The van der Waals surface area contributed by atoms with Gasteiger partial charge in [-0.2, -0.15) is 0 Å². The molecule has 1 fully saturated rings. The first-order valence-electron chi connectivity index (χ1n) is 4.66. The molecule has 0 aromatic heterocycles. The van der Waals surface area contributed by atoms with Gasteiger partial charge in [-0.3, -0.25) is 4.79 Å². The summed E-state index contributed by atoms with van der Waals surface area (Å²) < 4.78 is 5.22. The van der Waals surface area contributed by atoms with Crippen LogP contribution in [-0.4, -0.2) is 24.7 Å². The largest absolute Gasteiger partial charge is 0.381 e. The first-order chi connectivity index (χ1) is 6.06. The SMILES string of the molecule is COC1CCC(N)(CC(N)=O)CC1. The van der Waals surface area contributed by atoms with Crippen LogP contribution in [0.5, 0.6) is 0 Å². The van der Waals surface area contributed by atoms with Gasteiger partial charge in [-0.25, -0.2) is 0 Å². The van der Waals surface area contributed by atoms with Gasteiger partial charge in [-0.05, 0) is 25.7 Å². The molecule has 4 nitrogen and oxygen atoms in total. The Morgan fingerprint density at radius 3 is 2.46 bits per heavy atom. The highest BCUT2D eigenvalue weighted by molar-refractivity contribution is 5.75. The molecular weight excluding hydrogens is 168 g/mol. The Balaban J connectivity index is 2.41. The van der Waals surface area contributed by atoms with Gasteiger partial charge in [0.25, 0.3) is 0 Å². The number of nitrogens with two attached hydrogens (primary N) is 2. The van der Waals surface area contributed by atoms with Gasteiger partial charge in [0, 0.05) is 19.1 Å². The van der Waals surface area contributed by atoms with Gasteiger partial charge < -0.3 is 16.2 Å². The van der Waals surface area contributed by atoms with Crippen LogP contribution in [0.2, 0.25) is 0 Å². The number of ether oxygens (including phenoxy) is 1. The summed E-state index contributed by atoms with van der Waals surface area (Å²) >= 11 is 0. The van der Waals surface area contributed by atoms with E-state index in [-0.39, 0.29) is 11.4 Å². The molecule has 1 saturated carbocycles. The topological polar surface area (TPSA) is 78.3 Å². The predicted molar refractivity (Wildman–Crippen MR) is 50.0 cm³/mol. The minimum absolute atomic E-state index is 0.295. The fourth-order valence-corrected chi connectivity index (χ4v) is 1.93. The number of methoxy groups -OCH3 is 1. The smallest absolute Gasteiger partial charge is 0.219 e. The van der Waals surface area contributed by atoms with E-state index < -0.39 is 0 Å². The Morgan fingerprint density at radius 1 is 1.54 bits per heavy atom. The third kappa shape index (κ3) is 2.97. The van der Waals surface area contributed by atoms with E-state index in [1.54, 1.807) is 7.11 Å². The van der Waals surface area contributed by atoms with E-state index in [0.717, 1.165) is 25.7 Å². The Morgan fingerprint density at radius 2 is 2.08 bits per heavy atom. The van der Waals surface area contributed by atoms with Crippen molar-refractivity contribution in [1.82, 2.24) is 0 Å². The van der Waals surface area contributed by atoms with E-state index in [9.17, 15) is 4.79 Å². The molecule has 0 atom stereocenters. The van der Waals surface area contributed by atoms with E-state index in [1.807, 2.05) is 0 Å². The summed E-state index contributed by atoms with van der Waals surface area (Å²) in [6.07, 6.45) is 4.12. The lowest BCUT2D eigenvalue weighted by molar-refractivity contribution is -0.119. The number of amides is 1. The highest BCUT2D eigenvalue weighted by Crippen LogP contribution is 2.29. The van der Waals surface area contributed by atoms with Crippen molar-refractivity contribution in [2.24, 2.45) is 11.5 Å². The van der Waals surface area contributed by atoms with Crippen LogP contribution in [0.1, 0.15) is 32.1 Å². The molecule has 13 heavy (non-hydrogen) atoms. The van der Waals surface area contributed by atoms with E-state index in [4.69, 9.17) is 16.2 Å². The maximum Gasteiger partial charge on any atom is 0.219 e. The summed E-state index contributed by atoms with van der Waals surface area (Å²) in [4.78, 5) is 10.7. The molecule has 0 heterocycles. The number of primary amides is 1. The summed E-state index contributed by atoms with van der Waals surface area (Å²) in [6, 6.07) is 0. The van der Waals surface area contributed by atoms with Crippen molar-refractivity contribution < 1.29 is 9.53 Å². The molecule has 0 radical (unpaired) electrons. The van der Waals surface area contributed by atoms with Gasteiger partial charge in [-0.15, -0.1) is 0 Å². The van der Waals surface area contributed by atoms with Crippen LogP contribution in [0.15, 0.2) is 0 Å². The molecule has 76 valence electrons. The van der Waals surface area contributed by atoms with Gasteiger partial charge in [-0.1, -0.05) is 0 Å². The van der Waals surface area contributed by atoms with Crippen molar-refractivity contribution in [3.05, 3.63) is 0 Å². The van der Waals surface area contributed by atoms with Crippen molar-refractivity contribution in [3.8, 4) is 0 Å². The molecule has 0 unspecified atom stereocenters. The summed E-state index contributed by atoms with van der Waals surface area (Å²) in [6.45, 7) is 0. The molecule has 0 bridgehead atoms. The molecule has 0 saturated heterocycles. The van der Waals surface area contributed by atoms with Crippen molar-refractivity contribution in [3.63, 3.8) is 0 Å². The van der Waals surface area contributed by atoms with Gasteiger partial charge in [0.2, 0.25) is 5.91 Å². The summed E-state index contributed by atoms with van der Waals surface area (Å²) in [5.41, 5.74) is 10.8. The Kier molecular flexibility index (Phi) is 3.27. The molecule has 1 amide bonds. The lowest BCUT2D eigenvalue weighted by Crippen LogP contribution is -2.47. The first-order valence-corrected chi connectivity index (χ1v) is 4.66. The zero-order chi connectivity index (χ0) is 9.90. The minimum atomic E-state index is -0.374. The Hall–Kier alpha value is -0.610. The molecule has 1 aliphatic carbocycles. The average molecular weight is 186 g/mol. The number of hydrogen-bond acceptors (Lipinski definition) is 3. The van der Waals surface area contributed by atoms with E-state index in [0.29, 0.717) is 12.5 Å². The van der Waals surface area contributed by atoms with Gasteiger partial charge in [0.15, 0.2) is 0 Å². The van der Waals surface area contributed by atoms with Gasteiger partial charge >= 0.3 is 0 Å². The van der Waals surface area contributed by atoms with Crippen molar-refractivity contribution >= 4 is 5.91 Å². The normalized spacial score (nSPS) is 34.5. The molecule has 4 N–H and O–H groups in total. The maximum atomic E-state index is 10.7. The molecule has 4 heteroatoms. The van der Waals surface area contributed by atoms with Gasteiger partial charge in [0.05, 0.1) is 6.10 Å². The van der Waals surface area contributed by atoms with Crippen LogP contribution >= 0.6 is 0 Å². The molecule has 0 aliphatic heterocycles. The van der Waals surface area contributed by atoms with Crippen molar-refractivity contribution in [2.75, 3.05) is 7.11 Å². The fourth-order valence-electron chi connectivity index (χ4n) is 1.93. The van der Waals surface area contributed by atoms with Crippen LogP contribution in [0.25, 0.3) is 0 Å². The second-order valence-corrected chi connectivity index (χ2v) is 3.94. The second-order valence-electron chi connectivity index (χ2n) is 3.94. The Bertz CT molecular complexity index is 186. The third-order valence-electron chi connectivity index (χ3n) is 2.79. The van der Waals surface area contributed by atoms with Crippen LogP contribution in [-0.2, 0) is 9.53 Å². The summed E-state index contributed by atoms with van der Waals surface area (Å²) in [5.74, 6) is -0.307. The summed E-state index contributed by atoms with van der Waals surface area (Å²) in [5, 5.41) is 0. The summed E-state index contributed by atoms with van der Waals surface area (Å²) in [7, 11) is 1.71. The minimum Gasteiger partial charge on any atom is -0.381 e. The zero-order valence-electron chi connectivity index (χ0n) is 8.08. The number of carbonyl (C=O) groups excluding carboxylic acids is 1. The lowest BCUT2D eigenvalue weighted by atomic mass is 9.79.